The predicted molar refractivity (Wildman–Crippen MR) is 108 cm³/mol. The molecule has 1 aliphatic rings. The van der Waals surface area contributed by atoms with Crippen LogP contribution in [0, 0.1) is 18.7 Å². The highest BCUT2D eigenvalue weighted by Crippen LogP contribution is 2.22. The lowest BCUT2D eigenvalue weighted by molar-refractivity contribution is -0.121. The van der Waals surface area contributed by atoms with E-state index in [-0.39, 0.29) is 17.6 Å². The van der Waals surface area contributed by atoms with E-state index in [4.69, 9.17) is 4.52 Å². The lowest BCUT2D eigenvalue weighted by Crippen LogP contribution is -2.38. The quantitative estimate of drug-likeness (QED) is 0.707. The Morgan fingerprint density at radius 3 is 2.52 bits per heavy atom. The molecule has 2 heterocycles. The zero-order valence-electron chi connectivity index (χ0n) is 16.3. The van der Waals surface area contributed by atoms with Crippen molar-refractivity contribution in [3.8, 4) is 11.5 Å². The molecule has 1 saturated heterocycles. The summed E-state index contributed by atoms with van der Waals surface area (Å²) in [5, 5.41) is 7.03. The summed E-state index contributed by atoms with van der Waals surface area (Å²) in [6.45, 7) is 4.18. The van der Waals surface area contributed by atoms with Gasteiger partial charge in [-0.1, -0.05) is 22.9 Å². The number of piperidine rings is 1. The number of hydrogen-bond donors (Lipinski definition) is 1. The smallest absolute Gasteiger partial charge is 0.257 e. The Morgan fingerprint density at radius 2 is 1.83 bits per heavy atom. The molecule has 0 aliphatic carbocycles. The van der Waals surface area contributed by atoms with Gasteiger partial charge in [-0.05, 0) is 69.3 Å². The monoisotopic (exact) mass is 394 g/mol. The van der Waals surface area contributed by atoms with Gasteiger partial charge >= 0.3 is 0 Å². The van der Waals surface area contributed by atoms with Crippen LogP contribution < -0.4 is 5.32 Å². The summed E-state index contributed by atoms with van der Waals surface area (Å²) < 4.78 is 18.3. The number of benzene rings is 2. The number of amides is 1. The van der Waals surface area contributed by atoms with Crippen molar-refractivity contribution in [3.63, 3.8) is 0 Å². The molecule has 150 valence electrons. The van der Waals surface area contributed by atoms with Crippen molar-refractivity contribution < 1.29 is 13.7 Å². The minimum absolute atomic E-state index is 0.00703. The standard InChI is InChI=1S/C22H23FN4O2/c1-15-2-8-19(9-3-15)24-21(28)16-10-12-27(13-11-16)14-20-25-22(29-26-20)17-4-6-18(23)7-5-17/h2-9,16H,10-14H2,1H3,(H,24,28). The second kappa shape index (κ2) is 8.53. The van der Waals surface area contributed by atoms with Gasteiger partial charge in [0, 0.05) is 17.2 Å². The first-order chi connectivity index (χ1) is 14.1. The van der Waals surface area contributed by atoms with E-state index in [1.807, 2.05) is 31.2 Å². The molecule has 1 N–H and O–H groups in total. The molecular formula is C22H23FN4O2. The summed E-state index contributed by atoms with van der Waals surface area (Å²) in [4.78, 5) is 19.1. The number of carbonyl (C=O) groups excluding carboxylic acids is 1. The maximum absolute atomic E-state index is 13.0. The minimum atomic E-state index is -0.303. The Hall–Kier alpha value is -3.06. The Bertz CT molecular complexity index is 961. The Labute approximate surface area is 168 Å². The Balaban J connectivity index is 1.28. The fourth-order valence-corrected chi connectivity index (χ4v) is 3.46. The number of hydrogen-bond acceptors (Lipinski definition) is 5. The van der Waals surface area contributed by atoms with E-state index >= 15 is 0 Å². The van der Waals surface area contributed by atoms with E-state index in [0.29, 0.717) is 23.8 Å². The van der Waals surface area contributed by atoms with Crippen LogP contribution in [0.3, 0.4) is 0 Å². The molecule has 1 amide bonds. The third-order valence-electron chi connectivity index (χ3n) is 5.20. The second-order valence-corrected chi connectivity index (χ2v) is 7.43. The van der Waals surface area contributed by atoms with Gasteiger partial charge in [0.15, 0.2) is 5.82 Å². The number of nitrogens with zero attached hydrogens (tertiary/aromatic N) is 3. The maximum atomic E-state index is 13.0. The van der Waals surface area contributed by atoms with Crippen molar-refractivity contribution in [2.45, 2.75) is 26.3 Å². The fraction of sp³-hybridized carbons (Fsp3) is 0.318. The van der Waals surface area contributed by atoms with Crippen LogP contribution in [-0.2, 0) is 11.3 Å². The van der Waals surface area contributed by atoms with Gasteiger partial charge in [-0.25, -0.2) is 4.39 Å². The number of nitrogens with one attached hydrogen (secondary N) is 1. The average molecular weight is 394 g/mol. The van der Waals surface area contributed by atoms with Crippen molar-refractivity contribution >= 4 is 11.6 Å². The summed E-state index contributed by atoms with van der Waals surface area (Å²) in [7, 11) is 0. The first kappa shape index (κ1) is 19.3. The second-order valence-electron chi connectivity index (χ2n) is 7.43. The molecule has 0 spiro atoms. The number of halogens is 1. The van der Waals surface area contributed by atoms with Crippen LogP contribution in [0.4, 0.5) is 10.1 Å². The number of aryl methyl sites for hydroxylation is 1. The molecule has 0 radical (unpaired) electrons. The lowest BCUT2D eigenvalue weighted by Gasteiger charge is -2.30. The number of anilines is 1. The highest BCUT2D eigenvalue weighted by atomic mass is 19.1. The van der Waals surface area contributed by atoms with Crippen LogP contribution in [0.1, 0.15) is 24.2 Å². The molecule has 0 saturated carbocycles. The first-order valence-corrected chi connectivity index (χ1v) is 9.75. The van der Waals surface area contributed by atoms with Crippen LogP contribution in [0.2, 0.25) is 0 Å². The van der Waals surface area contributed by atoms with Gasteiger partial charge in [0.1, 0.15) is 5.82 Å². The van der Waals surface area contributed by atoms with E-state index in [1.54, 1.807) is 12.1 Å². The van der Waals surface area contributed by atoms with E-state index in [1.165, 1.54) is 17.7 Å². The highest BCUT2D eigenvalue weighted by molar-refractivity contribution is 5.92. The Morgan fingerprint density at radius 1 is 1.14 bits per heavy atom. The third kappa shape index (κ3) is 4.86. The molecule has 1 aromatic heterocycles. The predicted octanol–water partition coefficient (Wildman–Crippen LogP) is 4.03. The number of likely N-dealkylation sites (tertiary alicyclic amines) is 1. The van der Waals surface area contributed by atoms with E-state index in [2.05, 4.69) is 20.4 Å². The number of aromatic nitrogens is 2. The van der Waals surface area contributed by atoms with Crippen LogP contribution >= 0.6 is 0 Å². The summed E-state index contributed by atoms with van der Waals surface area (Å²) in [6, 6.07) is 13.8. The van der Waals surface area contributed by atoms with Crippen molar-refractivity contribution in [2.24, 2.45) is 5.92 Å². The highest BCUT2D eigenvalue weighted by Gasteiger charge is 2.26. The summed E-state index contributed by atoms with van der Waals surface area (Å²) in [6.07, 6.45) is 1.58. The van der Waals surface area contributed by atoms with E-state index < -0.39 is 0 Å². The largest absolute Gasteiger partial charge is 0.334 e. The van der Waals surface area contributed by atoms with Gasteiger partial charge in [0.2, 0.25) is 5.91 Å². The van der Waals surface area contributed by atoms with Crippen molar-refractivity contribution in [1.29, 1.82) is 0 Å². The van der Waals surface area contributed by atoms with Gasteiger partial charge in [-0.2, -0.15) is 4.98 Å². The molecule has 0 atom stereocenters. The lowest BCUT2D eigenvalue weighted by atomic mass is 9.96. The van der Waals surface area contributed by atoms with Gasteiger partial charge in [-0.3, -0.25) is 9.69 Å². The SMILES string of the molecule is Cc1ccc(NC(=O)C2CCN(Cc3noc(-c4ccc(F)cc4)n3)CC2)cc1. The average Bonchev–Trinajstić information content (AvgIpc) is 3.19. The fourth-order valence-electron chi connectivity index (χ4n) is 3.46. The normalized spacial score (nSPS) is 15.4. The molecule has 7 heteroatoms. The van der Waals surface area contributed by atoms with Gasteiger partial charge in [-0.15, -0.1) is 0 Å². The molecule has 0 bridgehead atoms. The molecule has 1 aliphatic heterocycles. The number of rotatable bonds is 5. The van der Waals surface area contributed by atoms with Gasteiger partial charge < -0.3 is 9.84 Å². The molecule has 2 aromatic carbocycles. The molecule has 29 heavy (non-hydrogen) atoms. The molecule has 1 fully saturated rings. The van der Waals surface area contributed by atoms with E-state index in [9.17, 15) is 9.18 Å². The molecule has 4 rings (SSSR count). The van der Waals surface area contributed by atoms with Crippen molar-refractivity contribution in [1.82, 2.24) is 15.0 Å². The zero-order chi connectivity index (χ0) is 20.2. The van der Waals surface area contributed by atoms with Gasteiger partial charge in [0.05, 0.1) is 6.54 Å². The molecule has 6 nitrogen and oxygen atoms in total. The summed E-state index contributed by atoms with van der Waals surface area (Å²) in [5.74, 6) is 0.751. The first-order valence-electron chi connectivity index (χ1n) is 9.75. The number of carbonyl (C=O) groups is 1. The molecular weight excluding hydrogens is 371 g/mol. The Kier molecular flexibility index (Phi) is 5.67. The topological polar surface area (TPSA) is 71.3 Å². The molecule has 0 unspecified atom stereocenters. The summed E-state index contributed by atoms with van der Waals surface area (Å²) >= 11 is 0. The van der Waals surface area contributed by atoms with Crippen LogP contribution in [0.5, 0.6) is 0 Å². The van der Waals surface area contributed by atoms with Crippen LogP contribution in [0.15, 0.2) is 53.1 Å². The van der Waals surface area contributed by atoms with Crippen molar-refractivity contribution in [3.05, 3.63) is 65.7 Å². The van der Waals surface area contributed by atoms with Crippen LogP contribution in [-0.4, -0.2) is 34.0 Å². The minimum Gasteiger partial charge on any atom is -0.334 e. The van der Waals surface area contributed by atoms with E-state index in [0.717, 1.165) is 31.6 Å². The molecule has 3 aromatic rings. The summed E-state index contributed by atoms with van der Waals surface area (Å²) in [5.41, 5.74) is 2.69. The zero-order valence-corrected chi connectivity index (χ0v) is 16.3. The van der Waals surface area contributed by atoms with Gasteiger partial charge in [0.25, 0.3) is 5.89 Å². The maximum Gasteiger partial charge on any atom is 0.257 e. The third-order valence-corrected chi connectivity index (χ3v) is 5.20. The van der Waals surface area contributed by atoms with Crippen LogP contribution in [0.25, 0.3) is 11.5 Å². The van der Waals surface area contributed by atoms with Crippen molar-refractivity contribution in [2.75, 3.05) is 18.4 Å².